The van der Waals surface area contributed by atoms with E-state index in [0.29, 0.717) is 19.6 Å². The van der Waals surface area contributed by atoms with Gasteiger partial charge in [0, 0.05) is 31.4 Å². The van der Waals surface area contributed by atoms with Crippen LogP contribution >= 0.6 is 0 Å². The van der Waals surface area contributed by atoms with Crippen LogP contribution in [0.2, 0.25) is 0 Å². The van der Waals surface area contributed by atoms with Crippen molar-refractivity contribution in [3.05, 3.63) is 33.9 Å². The predicted octanol–water partition coefficient (Wildman–Crippen LogP) is 1.76. The SMILES string of the molecule is COc1c(N2CCNC3(CC3)C2)c(F)cc2c(=O)c(C(=O)O)cn(CCF)c12. The fourth-order valence-electron chi connectivity index (χ4n) is 4.03. The van der Waals surface area contributed by atoms with Crippen LogP contribution < -0.4 is 20.4 Å². The maximum Gasteiger partial charge on any atom is 0.341 e. The molecule has 1 spiro atoms. The number of aryl methyl sites for hydroxylation is 1. The molecule has 7 nitrogen and oxygen atoms in total. The van der Waals surface area contributed by atoms with Crippen LogP contribution in [-0.2, 0) is 6.54 Å². The second-order valence-corrected chi connectivity index (χ2v) is 7.32. The number of benzene rings is 1. The lowest BCUT2D eigenvalue weighted by atomic mass is 10.1. The number of carbonyl (C=O) groups is 1. The summed E-state index contributed by atoms with van der Waals surface area (Å²) in [5, 5.41) is 12.6. The van der Waals surface area contributed by atoms with Gasteiger partial charge in [-0.25, -0.2) is 13.6 Å². The number of nitrogens with one attached hydrogen (secondary N) is 1. The van der Waals surface area contributed by atoms with Crippen LogP contribution in [0.1, 0.15) is 23.2 Å². The summed E-state index contributed by atoms with van der Waals surface area (Å²) in [4.78, 5) is 25.9. The number of piperazine rings is 1. The summed E-state index contributed by atoms with van der Waals surface area (Å²) in [6, 6.07) is 1.04. The standard InChI is InChI=1S/C19H21F2N3O4/c1-28-17-14-11(16(25)12(18(26)27)9-23(14)6-4-20)8-13(21)15(17)24-7-5-22-19(10-24)2-3-19/h8-9,22H,2-7,10H2,1H3,(H,26,27). The van der Waals surface area contributed by atoms with E-state index in [1.165, 1.54) is 11.7 Å². The molecule has 1 aromatic carbocycles. The Labute approximate surface area is 159 Å². The second kappa shape index (κ2) is 6.73. The number of methoxy groups -OCH3 is 1. The summed E-state index contributed by atoms with van der Waals surface area (Å²) in [7, 11) is 1.36. The third-order valence-corrected chi connectivity index (χ3v) is 5.55. The molecule has 9 heteroatoms. The molecule has 0 atom stereocenters. The molecule has 0 unspecified atom stereocenters. The van der Waals surface area contributed by atoms with Gasteiger partial charge in [0.15, 0.2) is 11.6 Å². The molecular weight excluding hydrogens is 372 g/mol. The van der Waals surface area contributed by atoms with Crippen LogP contribution in [-0.4, -0.2) is 54.6 Å². The molecule has 2 fully saturated rings. The Hall–Kier alpha value is -2.68. The molecule has 4 rings (SSSR count). The molecule has 1 aromatic heterocycles. The third kappa shape index (κ3) is 2.90. The van der Waals surface area contributed by atoms with E-state index in [2.05, 4.69) is 5.32 Å². The Morgan fingerprint density at radius 3 is 2.79 bits per heavy atom. The lowest BCUT2D eigenvalue weighted by Crippen LogP contribution is -2.52. The minimum absolute atomic E-state index is 0.0174. The number of hydrogen-bond acceptors (Lipinski definition) is 5. The first-order valence-corrected chi connectivity index (χ1v) is 9.13. The predicted molar refractivity (Wildman–Crippen MR) is 99.8 cm³/mol. The Morgan fingerprint density at radius 2 is 2.18 bits per heavy atom. The van der Waals surface area contributed by atoms with Crippen molar-refractivity contribution in [2.45, 2.75) is 24.9 Å². The first-order valence-electron chi connectivity index (χ1n) is 9.13. The molecule has 2 N–H and O–H groups in total. The number of pyridine rings is 1. The van der Waals surface area contributed by atoms with Crippen LogP contribution in [0.25, 0.3) is 10.9 Å². The highest BCUT2D eigenvalue weighted by Gasteiger charge is 2.46. The van der Waals surface area contributed by atoms with Gasteiger partial charge >= 0.3 is 5.97 Å². The lowest BCUT2D eigenvalue weighted by molar-refractivity contribution is 0.0694. The van der Waals surface area contributed by atoms with Crippen LogP contribution in [0.4, 0.5) is 14.5 Å². The normalized spacial score (nSPS) is 17.9. The van der Waals surface area contributed by atoms with Gasteiger partial charge in [0.2, 0.25) is 5.43 Å². The van der Waals surface area contributed by atoms with Crippen molar-refractivity contribution >= 4 is 22.6 Å². The lowest BCUT2D eigenvalue weighted by Gasteiger charge is -2.36. The molecule has 1 aliphatic carbocycles. The topological polar surface area (TPSA) is 83.8 Å². The molecule has 150 valence electrons. The molecule has 2 aromatic rings. The first-order chi connectivity index (χ1) is 13.4. The summed E-state index contributed by atoms with van der Waals surface area (Å²) < 4.78 is 35.1. The van der Waals surface area contributed by atoms with Gasteiger partial charge in [0.05, 0.1) is 24.6 Å². The van der Waals surface area contributed by atoms with Crippen LogP contribution in [0.15, 0.2) is 17.1 Å². The number of carboxylic acid groups (broad SMARTS) is 1. The van der Waals surface area contributed by atoms with Crippen LogP contribution in [0.5, 0.6) is 5.75 Å². The van der Waals surface area contributed by atoms with Crippen molar-refractivity contribution in [2.24, 2.45) is 0 Å². The number of fused-ring (bicyclic) bond motifs is 1. The van der Waals surface area contributed by atoms with Gasteiger partial charge in [-0.2, -0.15) is 0 Å². The van der Waals surface area contributed by atoms with Gasteiger partial charge in [-0.05, 0) is 18.9 Å². The Morgan fingerprint density at radius 1 is 1.43 bits per heavy atom. The molecular formula is C19H21F2N3O4. The maximum atomic E-state index is 15.1. The fourth-order valence-corrected chi connectivity index (χ4v) is 4.03. The summed E-state index contributed by atoms with van der Waals surface area (Å²) in [5.41, 5.74) is -0.946. The van der Waals surface area contributed by atoms with Gasteiger partial charge in [0.25, 0.3) is 0 Å². The maximum absolute atomic E-state index is 15.1. The largest absolute Gasteiger partial charge is 0.492 e. The van der Waals surface area contributed by atoms with E-state index >= 15 is 4.39 Å². The van der Waals surface area contributed by atoms with E-state index in [0.717, 1.165) is 25.1 Å². The Kier molecular flexibility index (Phi) is 4.49. The number of nitrogens with zero attached hydrogens (tertiary/aromatic N) is 2. The average Bonchev–Trinajstić information content (AvgIpc) is 3.41. The minimum Gasteiger partial charge on any atom is -0.492 e. The third-order valence-electron chi connectivity index (χ3n) is 5.55. The number of hydrogen-bond donors (Lipinski definition) is 2. The smallest absolute Gasteiger partial charge is 0.341 e. The number of anilines is 1. The van der Waals surface area contributed by atoms with E-state index in [4.69, 9.17) is 4.74 Å². The fraction of sp³-hybridized carbons (Fsp3) is 0.474. The van der Waals surface area contributed by atoms with E-state index in [1.54, 1.807) is 0 Å². The highest BCUT2D eigenvalue weighted by molar-refractivity contribution is 5.97. The van der Waals surface area contributed by atoms with E-state index < -0.39 is 29.5 Å². The van der Waals surface area contributed by atoms with Gasteiger partial charge < -0.3 is 24.6 Å². The molecule has 2 heterocycles. The highest BCUT2D eigenvalue weighted by atomic mass is 19.1. The van der Waals surface area contributed by atoms with E-state index in [-0.39, 0.29) is 34.4 Å². The van der Waals surface area contributed by atoms with Gasteiger partial charge in [0.1, 0.15) is 17.9 Å². The molecule has 1 saturated carbocycles. The number of alkyl halides is 1. The van der Waals surface area contributed by atoms with Crippen LogP contribution in [0.3, 0.4) is 0 Å². The minimum atomic E-state index is -1.44. The zero-order chi connectivity index (χ0) is 20.1. The molecule has 0 bridgehead atoms. The monoisotopic (exact) mass is 393 g/mol. The van der Waals surface area contributed by atoms with Gasteiger partial charge in [-0.15, -0.1) is 0 Å². The molecule has 0 radical (unpaired) electrons. The number of halogens is 2. The molecule has 0 amide bonds. The summed E-state index contributed by atoms with van der Waals surface area (Å²) >= 11 is 0. The quantitative estimate of drug-likeness (QED) is 0.806. The van der Waals surface area contributed by atoms with Crippen molar-refractivity contribution in [1.82, 2.24) is 9.88 Å². The number of carboxylic acids is 1. The highest BCUT2D eigenvalue weighted by Crippen LogP contribution is 2.43. The van der Waals surface area contributed by atoms with Crippen molar-refractivity contribution < 1.29 is 23.4 Å². The summed E-state index contributed by atoms with van der Waals surface area (Å²) in [6.07, 6.45) is 3.11. The van der Waals surface area contributed by atoms with Crippen molar-refractivity contribution in [3.8, 4) is 5.75 Å². The Bertz CT molecular complexity index is 1020. The first kappa shape index (κ1) is 18.7. The van der Waals surface area contributed by atoms with E-state index in [1.807, 2.05) is 4.90 Å². The van der Waals surface area contributed by atoms with Crippen molar-refractivity contribution in [2.75, 3.05) is 38.3 Å². The molecule has 1 aliphatic heterocycles. The number of ether oxygens (including phenoxy) is 1. The zero-order valence-corrected chi connectivity index (χ0v) is 15.4. The molecule has 1 saturated heterocycles. The summed E-state index contributed by atoms with van der Waals surface area (Å²) in [5.74, 6) is -1.98. The number of aromatic carboxylic acids is 1. The number of aromatic nitrogens is 1. The van der Waals surface area contributed by atoms with Crippen LogP contribution in [0, 0.1) is 5.82 Å². The molecule has 2 aliphatic rings. The number of rotatable bonds is 5. The van der Waals surface area contributed by atoms with Gasteiger partial charge in [-0.3, -0.25) is 4.79 Å². The Balaban J connectivity index is 1.98. The van der Waals surface area contributed by atoms with Gasteiger partial charge in [-0.1, -0.05) is 0 Å². The summed E-state index contributed by atoms with van der Waals surface area (Å²) in [6.45, 7) is 0.900. The van der Waals surface area contributed by atoms with Crippen molar-refractivity contribution in [3.63, 3.8) is 0 Å². The van der Waals surface area contributed by atoms with E-state index in [9.17, 15) is 19.1 Å². The molecule has 28 heavy (non-hydrogen) atoms. The average molecular weight is 393 g/mol. The second-order valence-electron chi connectivity index (χ2n) is 7.32. The zero-order valence-electron chi connectivity index (χ0n) is 15.4. The van der Waals surface area contributed by atoms with Crippen molar-refractivity contribution in [1.29, 1.82) is 0 Å².